The molecule has 1 N–H and O–H groups in total. The van der Waals surface area contributed by atoms with Crippen LogP contribution in [0.15, 0.2) is 54.6 Å². The van der Waals surface area contributed by atoms with Crippen LogP contribution in [0.2, 0.25) is 0 Å². The molecule has 0 unspecified atom stereocenters. The van der Waals surface area contributed by atoms with Crippen molar-refractivity contribution >= 4 is 17.5 Å². The Balaban J connectivity index is 1.77. The van der Waals surface area contributed by atoms with Crippen molar-refractivity contribution in [3.8, 4) is 5.75 Å². The summed E-state index contributed by atoms with van der Waals surface area (Å²) in [5, 5.41) is 2.81. The van der Waals surface area contributed by atoms with Gasteiger partial charge >= 0.3 is 0 Å². The Kier molecular flexibility index (Phi) is 5.44. The van der Waals surface area contributed by atoms with Gasteiger partial charge in [0.2, 0.25) is 0 Å². The molecule has 0 bridgehead atoms. The number of carbonyl (C=O) groups excluding carboxylic acids is 1. The quantitative estimate of drug-likeness (QED) is 0.655. The van der Waals surface area contributed by atoms with Gasteiger partial charge in [-0.25, -0.2) is 0 Å². The molecule has 0 aliphatic carbocycles. The number of hydrogen-bond acceptors (Lipinski definition) is 2. The predicted molar refractivity (Wildman–Crippen MR) is 80.3 cm³/mol. The van der Waals surface area contributed by atoms with E-state index < -0.39 is 0 Å². The minimum atomic E-state index is -0.117. The molecule has 4 heteroatoms. The van der Waals surface area contributed by atoms with Crippen molar-refractivity contribution < 1.29 is 9.53 Å². The molecule has 2 aromatic carbocycles. The molecule has 0 atom stereocenters. The summed E-state index contributed by atoms with van der Waals surface area (Å²) in [7, 11) is 0. The maximum Gasteiger partial charge on any atom is 0.251 e. The fourth-order valence-electron chi connectivity index (χ4n) is 1.75. The summed E-state index contributed by atoms with van der Waals surface area (Å²) in [6, 6.07) is 16.8. The molecule has 2 aromatic rings. The van der Waals surface area contributed by atoms with E-state index >= 15 is 0 Å². The van der Waals surface area contributed by atoms with Crippen LogP contribution in [-0.2, 0) is 5.88 Å². The predicted octanol–water partition coefficient (Wildman–Crippen LogP) is 3.23. The van der Waals surface area contributed by atoms with Gasteiger partial charge in [0.15, 0.2) is 0 Å². The van der Waals surface area contributed by atoms with Crippen molar-refractivity contribution in [3.05, 3.63) is 65.7 Å². The zero-order chi connectivity index (χ0) is 14.2. The number of nitrogens with one attached hydrogen (secondary N) is 1. The summed E-state index contributed by atoms with van der Waals surface area (Å²) in [5.74, 6) is 1.08. The molecule has 0 saturated heterocycles. The lowest BCUT2D eigenvalue weighted by molar-refractivity contribution is 0.0947. The zero-order valence-corrected chi connectivity index (χ0v) is 11.8. The first-order valence-corrected chi connectivity index (χ1v) is 6.94. The standard InChI is InChI=1S/C16H16ClNO2/c17-12-13-5-4-6-14(11-13)16(19)18-9-10-20-15-7-2-1-3-8-15/h1-8,11H,9-10,12H2,(H,18,19). The van der Waals surface area contributed by atoms with Gasteiger partial charge in [-0.15, -0.1) is 11.6 Å². The van der Waals surface area contributed by atoms with Crippen molar-refractivity contribution in [2.45, 2.75) is 5.88 Å². The van der Waals surface area contributed by atoms with E-state index in [1.54, 1.807) is 12.1 Å². The number of benzene rings is 2. The zero-order valence-electron chi connectivity index (χ0n) is 11.0. The van der Waals surface area contributed by atoms with Crippen molar-refractivity contribution in [2.75, 3.05) is 13.2 Å². The van der Waals surface area contributed by atoms with Gasteiger partial charge in [0.25, 0.3) is 5.91 Å². The molecule has 0 aliphatic rings. The summed E-state index contributed by atoms with van der Waals surface area (Å²) in [5.41, 5.74) is 1.54. The molecule has 1 amide bonds. The highest BCUT2D eigenvalue weighted by Gasteiger charge is 2.05. The van der Waals surface area contributed by atoms with Crippen molar-refractivity contribution in [2.24, 2.45) is 0 Å². The van der Waals surface area contributed by atoms with E-state index in [-0.39, 0.29) is 5.91 Å². The van der Waals surface area contributed by atoms with Gasteiger partial charge in [-0.1, -0.05) is 30.3 Å². The number of para-hydroxylation sites is 1. The van der Waals surface area contributed by atoms with Crippen LogP contribution in [0.4, 0.5) is 0 Å². The molecule has 0 fully saturated rings. The summed E-state index contributed by atoms with van der Waals surface area (Å²) >= 11 is 5.75. The van der Waals surface area contributed by atoms with Crippen LogP contribution in [0, 0.1) is 0 Å². The average Bonchev–Trinajstić information content (AvgIpc) is 2.52. The highest BCUT2D eigenvalue weighted by molar-refractivity contribution is 6.17. The van der Waals surface area contributed by atoms with Crippen molar-refractivity contribution in [1.82, 2.24) is 5.32 Å². The van der Waals surface area contributed by atoms with Crippen LogP contribution >= 0.6 is 11.6 Å². The van der Waals surface area contributed by atoms with Gasteiger partial charge in [-0.05, 0) is 29.8 Å². The van der Waals surface area contributed by atoms with E-state index in [1.807, 2.05) is 42.5 Å². The molecular weight excluding hydrogens is 274 g/mol. The number of rotatable bonds is 6. The SMILES string of the molecule is O=C(NCCOc1ccccc1)c1cccc(CCl)c1. The topological polar surface area (TPSA) is 38.3 Å². The van der Waals surface area contributed by atoms with Gasteiger partial charge in [-0.2, -0.15) is 0 Å². The van der Waals surface area contributed by atoms with Gasteiger partial charge in [0.1, 0.15) is 12.4 Å². The summed E-state index contributed by atoms with van der Waals surface area (Å²) < 4.78 is 5.50. The molecular formula is C16H16ClNO2. The van der Waals surface area contributed by atoms with Crippen LogP contribution in [0.3, 0.4) is 0 Å². The number of ether oxygens (including phenoxy) is 1. The maximum atomic E-state index is 11.9. The minimum Gasteiger partial charge on any atom is -0.492 e. The van der Waals surface area contributed by atoms with E-state index in [0.717, 1.165) is 11.3 Å². The third kappa shape index (κ3) is 4.28. The second kappa shape index (κ2) is 7.56. The largest absolute Gasteiger partial charge is 0.492 e. The van der Waals surface area contributed by atoms with E-state index in [1.165, 1.54) is 0 Å². The van der Waals surface area contributed by atoms with Crippen LogP contribution in [0.1, 0.15) is 15.9 Å². The lowest BCUT2D eigenvalue weighted by Crippen LogP contribution is -2.28. The van der Waals surface area contributed by atoms with Crippen molar-refractivity contribution in [3.63, 3.8) is 0 Å². The van der Waals surface area contributed by atoms with E-state index in [2.05, 4.69) is 5.32 Å². The first-order chi connectivity index (χ1) is 9.79. The molecule has 0 heterocycles. The lowest BCUT2D eigenvalue weighted by Gasteiger charge is -2.08. The maximum absolute atomic E-state index is 11.9. The van der Waals surface area contributed by atoms with Crippen molar-refractivity contribution in [1.29, 1.82) is 0 Å². The third-order valence-electron chi connectivity index (χ3n) is 2.74. The number of alkyl halides is 1. The smallest absolute Gasteiger partial charge is 0.251 e. The molecule has 20 heavy (non-hydrogen) atoms. The monoisotopic (exact) mass is 289 g/mol. The average molecular weight is 290 g/mol. The second-order valence-electron chi connectivity index (χ2n) is 4.25. The van der Waals surface area contributed by atoms with E-state index in [0.29, 0.717) is 24.6 Å². The number of hydrogen-bond donors (Lipinski definition) is 1. The van der Waals surface area contributed by atoms with Crippen LogP contribution in [0.5, 0.6) is 5.75 Å². The molecule has 0 aromatic heterocycles. The summed E-state index contributed by atoms with van der Waals surface area (Å²) in [6.07, 6.45) is 0. The molecule has 0 spiro atoms. The van der Waals surface area contributed by atoms with Gasteiger partial charge in [-0.3, -0.25) is 4.79 Å². The van der Waals surface area contributed by atoms with Gasteiger partial charge in [0, 0.05) is 11.4 Å². The Labute approximate surface area is 123 Å². The van der Waals surface area contributed by atoms with Crippen LogP contribution in [0.25, 0.3) is 0 Å². The fourth-order valence-corrected chi connectivity index (χ4v) is 1.91. The molecule has 0 radical (unpaired) electrons. The molecule has 3 nitrogen and oxygen atoms in total. The Morgan fingerprint density at radius 3 is 2.65 bits per heavy atom. The van der Waals surface area contributed by atoms with Crippen LogP contribution in [-0.4, -0.2) is 19.1 Å². The van der Waals surface area contributed by atoms with E-state index in [4.69, 9.17) is 16.3 Å². The van der Waals surface area contributed by atoms with E-state index in [9.17, 15) is 4.79 Å². The first-order valence-electron chi connectivity index (χ1n) is 6.40. The Morgan fingerprint density at radius 2 is 1.90 bits per heavy atom. The molecule has 0 aliphatic heterocycles. The lowest BCUT2D eigenvalue weighted by atomic mass is 10.1. The third-order valence-corrected chi connectivity index (χ3v) is 3.05. The normalized spacial score (nSPS) is 10.1. The Bertz CT molecular complexity index is 557. The fraction of sp³-hybridized carbons (Fsp3) is 0.188. The molecule has 0 saturated carbocycles. The first kappa shape index (κ1) is 14.4. The Hall–Kier alpha value is -2.00. The van der Waals surface area contributed by atoms with Gasteiger partial charge < -0.3 is 10.1 Å². The highest BCUT2D eigenvalue weighted by Crippen LogP contribution is 2.08. The second-order valence-corrected chi connectivity index (χ2v) is 4.52. The summed E-state index contributed by atoms with van der Waals surface area (Å²) in [4.78, 5) is 11.9. The van der Waals surface area contributed by atoms with Gasteiger partial charge in [0.05, 0.1) is 6.54 Å². The Morgan fingerprint density at radius 1 is 1.10 bits per heavy atom. The highest BCUT2D eigenvalue weighted by atomic mass is 35.5. The van der Waals surface area contributed by atoms with Crippen LogP contribution < -0.4 is 10.1 Å². The number of carbonyl (C=O) groups is 1. The number of amides is 1. The number of halogens is 1. The molecule has 104 valence electrons. The summed E-state index contributed by atoms with van der Waals surface area (Å²) in [6.45, 7) is 0.893. The minimum absolute atomic E-state index is 0.117. The molecule has 2 rings (SSSR count).